The van der Waals surface area contributed by atoms with Gasteiger partial charge < -0.3 is 15.2 Å². The highest BCUT2D eigenvalue weighted by atomic mass is 32.1. The molecule has 0 spiro atoms. The van der Waals surface area contributed by atoms with Crippen LogP contribution < -0.4 is 5.32 Å². The molecule has 2 N–H and O–H groups in total. The molecule has 1 amide bonds. The van der Waals surface area contributed by atoms with E-state index in [0.717, 1.165) is 10.6 Å². The molecule has 0 bridgehead atoms. The van der Waals surface area contributed by atoms with E-state index < -0.39 is 12.0 Å². The number of nitrogens with one attached hydrogen (secondary N) is 1. The van der Waals surface area contributed by atoms with Crippen LogP contribution in [-0.2, 0) is 20.7 Å². The number of nitrogens with zero attached hydrogens (tertiary/aromatic N) is 1. The fraction of sp³-hybridized carbons (Fsp3) is 0.450. The van der Waals surface area contributed by atoms with Crippen LogP contribution >= 0.6 is 11.3 Å². The maximum Gasteiger partial charge on any atom is 0.326 e. The average molecular weight is 391 g/mol. The summed E-state index contributed by atoms with van der Waals surface area (Å²) in [7, 11) is 0. The molecule has 0 aliphatic rings. The van der Waals surface area contributed by atoms with Crippen LogP contribution in [0.2, 0.25) is 0 Å². The van der Waals surface area contributed by atoms with Crippen molar-refractivity contribution in [2.24, 2.45) is 0 Å². The van der Waals surface area contributed by atoms with Crippen LogP contribution in [0.1, 0.15) is 38.4 Å². The van der Waals surface area contributed by atoms with E-state index in [-0.39, 0.29) is 31.0 Å². The predicted molar refractivity (Wildman–Crippen MR) is 106 cm³/mol. The molecule has 2 rings (SSSR count). The van der Waals surface area contributed by atoms with Gasteiger partial charge in [-0.3, -0.25) is 4.79 Å². The third kappa shape index (κ3) is 7.11. The van der Waals surface area contributed by atoms with Crippen molar-refractivity contribution in [3.05, 3.63) is 40.9 Å². The van der Waals surface area contributed by atoms with E-state index in [1.807, 2.05) is 57.3 Å². The molecule has 1 heterocycles. The minimum absolute atomic E-state index is 0.0479. The minimum atomic E-state index is -1.07. The highest BCUT2D eigenvalue weighted by molar-refractivity contribution is 7.13. The van der Waals surface area contributed by atoms with Crippen LogP contribution in [0.4, 0.5) is 0 Å². The molecule has 2 aromatic rings. The van der Waals surface area contributed by atoms with E-state index in [0.29, 0.717) is 5.69 Å². The number of hydrogen-bond donors (Lipinski definition) is 2. The van der Waals surface area contributed by atoms with Gasteiger partial charge in [-0.1, -0.05) is 29.8 Å². The van der Waals surface area contributed by atoms with Crippen LogP contribution in [0.5, 0.6) is 0 Å². The number of carbonyl (C=O) groups excluding carboxylic acids is 1. The zero-order valence-electron chi connectivity index (χ0n) is 16.1. The van der Waals surface area contributed by atoms with Gasteiger partial charge in [-0.25, -0.2) is 9.78 Å². The number of ether oxygens (including phenoxy) is 1. The Morgan fingerprint density at radius 1 is 1.26 bits per heavy atom. The fourth-order valence-electron chi connectivity index (χ4n) is 2.37. The number of rotatable bonds is 8. The van der Waals surface area contributed by atoms with Gasteiger partial charge in [0.05, 0.1) is 17.7 Å². The number of benzene rings is 1. The normalized spacial score (nSPS) is 12.6. The lowest BCUT2D eigenvalue weighted by Crippen LogP contribution is -2.42. The Hall–Kier alpha value is -2.25. The molecule has 0 saturated heterocycles. The van der Waals surface area contributed by atoms with Gasteiger partial charge in [-0.15, -0.1) is 11.3 Å². The van der Waals surface area contributed by atoms with E-state index >= 15 is 0 Å². The maximum absolute atomic E-state index is 12.2. The average Bonchev–Trinajstić information content (AvgIpc) is 3.01. The summed E-state index contributed by atoms with van der Waals surface area (Å²) in [4.78, 5) is 28.1. The Morgan fingerprint density at radius 2 is 1.93 bits per heavy atom. The van der Waals surface area contributed by atoms with Crippen LogP contribution in [-0.4, -0.2) is 40.2 Å². The van der Waals surface area contributed by atoms with Gasteiger partial charge in [-0.05, 0) is 27.7 Å². The standard InChI is InChI=1S/C20H26N2O4S/c1-13-5-7-14(8-6-13)18-21-15(12-27-18)11-17(23)22-16(19(24)25)9-10-26-20(2,3)4/h5-8,12,16H,9-11H2,1-4H3,(H,22,23)(H,24,25). The quantitative estimate of drug-likeness (QED) is 0.721. The van der Waals surface area contributed by atoms with Crippen molar-refractivity contribution in [1.29, 1.82) is 0 Å². The van der Waals surface area contributed by atoms with Crippen LogP contribution in [0, 0.1) is 6.92 Å². The Balaban J connectivity index is 1.91. The topological polar surface area (TPSA) is 88.5 Å². The maximum atomic E-state index is 12.2. The number of hydrogen-bond acceptors (Lipinski definition) is 5. The molecule has 7 heteroatoms. The molecule has 0 aliphatic heterocycles. The van der Waals surface area contributed by atoms with Crippen molar-refractivity contribution in [2.75, 3.05) is 6.61 Å². The minimum Gasteiger partial charge on any atom is -0.480 e. The van der Waals surface area contributed by atoms with Gasteiger partial charge in [0.15, 0.2) is 0 Å². The van der Waals surface area contributed by atoms with E-state index in [1.165, 1.54) is 16.9 Å². The van der Waals surface area contributed by atoms with E-state index in [9.17, 15) is 14.7 Å². The number of amides is 1. The lowest BCUT2D eigenvalue weighted by Gasteiger charge is -2.21. The van der Waals surface area contributed by atoms with E-state index in [4.69, 9.17) is 4.74 Å². The number of aliphatic carboxylic acids is 1. The molecule has 0 aliphatic carbocycles. The van der Waals surface area contributed by atoms with Crippen molar-refractivity contribution in [1.82, 2.24) is 10.3 Å². The summed E-state index contributed by atoms with van der Waals surface area (Å²) in [5.41, 5.74) is 2.45. The second-order valence-corrected chi connectivity index (χ2v) is 8.25. The number of carbonyl (C=O) groups is 2. The summed E-state index contributed by atoms with van der Waals surface area (Å²) in [5, 5.41) is 14.5. The van der Waals surface area contributed by atoms with Gasteiger partial charge in [0.2, 0.25) is 5.91 Å². The lowest BCUT2D eigenvalue weighted by molar-refractivity contribution is -0.142. The summed E-state index contributed by atoms with van der Waals surface area (Å²) >= 11 is 1.46. The molecule has 0 fully saturated rings. The first-order valence-corrected chi connectivity index (χ1v) is 9.69. The van der Waals surface area contributed by atoms with Crippen LogP contribution in [0.3, 0.4) is 0 Å². The molecule has 1 aromatic heterocycles. The number of thiazole rings is 1. The van der Waals surface area contributed by atoms with Crippen molar-refractivity contribution < 1.29 is 19.4 Å². The Bertz CT molecular complexity index is 778. The van der Waals surface area contributed by atoms with Crippen LogP contribution in [0.15, 0.2) is 29.6 Å². The molecule has 0 saturated carbocycles. The number of carboxylic acids is 1. The number of carboxylic acid groups (broad SMARTS) is 1. The Labute approximate surface area is 163 Å². The highest BCUT2D eigenvalue weighted by Gasteiger charge is 2.21. The largest absolute Gasteiger partial charge is 0.480 e. The smallest absolute Gasteiger partial charge is 0.326 e. The molecule has 1 aromatic carbocycles. The molecule has 27 heavy (non-hydrogen) atoms. The highest BCUT2D eigenvalue weighted by Crippen LogP contribution is 2.24. The first-order chi connectivity index (χ1) is 12.6. The summed E-state index contributed by atoms with van der Waals surface area (Å²) in [6.45, 7) is 7.97. The summed E-state index contributed by atoms with van der Waals surface area (Å²) in [5.74, 6) is -1.43. The number of aromatic nitrogens is 1. The van der Waals surface area contributed by atoms with Gasteiger partial charge in [0, 0.05) is 24.0 Å². The molecule has 6 nitrogen and oxygen atoms in total. The van der Waals surface area contributed by atoms with E-state index in [2.05, 4.69) is 10.3 Å². The van der Waals surface area contributed by atoms with Gasteiger partial charge in [-0.2, -0.15) is 0 Å². The van der Waals surface area contributed by atoms with Crippen molar-refractivity contribution in [3.63, 3.8) is 0 Å². The third-order valence-electron chi connectivity index (χ3n) is 3.77. The van der Waals surface area contributed by atoms with Gasteiger partial charge >= 0.3 is 5.97 Å². The summed E-state index contributed by atoms with van der Waals surface area (Å²) in [6.07, 6.45) is 0.260. The second-order valence-electron chi connectivity index (χ2n) is 7.39. The third-order valence-corrected chi connectivity index (χ3v) is 4.71. The molecule has 1 atom stereocenters. The van der Waals surface area contributed by atoms with E-state index in [1.54, 1.807) is 0 Å². The van der Waals surface area contributed by atoms with Crippen LogP contribution in [0.25, 0.3) is 10.6 Å². The molecular formula is C20H26N2O4S. The molecule has 146 valence electrons. The lowest BCUT2D eigenvalue weighted by atomic mass is 10.1. The molecule has 0 radical (unpaired) electrons. The zero-order chi connectivity index (χ0) is 20.0. The summed E-state index contributed by atoms with van der Waals surface area (Å²) in [6, 6.07) is 7.04. The van der Waals surface area contributed by atoms with Gasteiger partial charge in [0.1, 0.15) is 11.0 Å². The fourth-order valence-corrected chi connectivity index (χ4v) is 3.19. The Kier molecular flexibility index (Phi) is 7.10. The Morgan fingerprint density at radius 3 is 2.52 bits per heavy atom. The SMILES string of the molecule is Cc1ccc(-c2nc(CC(=O)NC(CCOC(C)(C)C)C(=O)O)cs2)cc1. The second kappa shape index (κ2) is 9.10. The van der Waals surface area contributed by atoms with Crippen molar-refractivity contribution in [2.45, 2.75) is 52.2 Å². The van der Waals surface area contributed by atoms with Gasteiger partial charge in [0.25, 0.3) is 0 Å². The first kappa shape index (κ1) is 21.1. The zero-order valence-corrected chi connectivity index (χ0v) is 16.9. The number of aryl methyl sites for hydroxylation is 1. The first-order valence-electron chi connectivity index (χ1n) is 8.81. The summed E-state index contributed by atoms with van der Waals surface area (Å²) < 4.78 is 5.55. The van der Waals surface area contributed by atoms with Crippen molar-refractivity contribution >= 4 is 23.2 Å². The predicted octanol–water partition coefficient (Wildman–Crippen LogP) is 3.44. The monoisotopic (exact) mass is 390 g/mol. The molecular weight excluding hydrogens is 364 g/mol. The molecule has 1 unspecified atom stereocenters. The van der Waals surface area contributed by atoms with Crippen molar-refractivity contribution in [3.8, 4) is 10.6 Å².